The van der Waals surface area contributed by atoms with Gasteiger partial charge in [0.05, 0.1) is 12.3 Å². The number of aromatic nitrogens is 1. The zero-order valence-corrected chi connectivity index (χ0v) is 8.40. The number of nitrogens with zero attached hydrogens (tertiary/aromatic N) is 1. The third-order valence-electron chi connectivity index (χ3n) is 2.46. The largest absolute Gasteiger partial charge is 0.491 e. The summed E-state index contributed by atoms with van der Waals surface area (Å²) < 4.78 is 15.7. The summed E-state index contributed by atoms with van der Waals surface area (Å²) in [6, 6.07) is 5.75. The minimum absolute atomic E-state index is 0.275. The molecule has 1 aromatic heterocycles. The second kappa shape index (κ2) is 3.24. The second-order valence-corrected chi connectivity index (χ2v) is 3.69. The first-order valence-electron chi connectivity index (χ1n) is 4.93. The number of ether oxygens (including phenoxy) is 2. The van der Waals surface area contributed by atoms with E-state index in [1.165, 1.54) is 0 Å². The molecule has 1 fully saturated rings. The lowest BCUT2D eigenvalue weighted by atomic mass is 10.2. The van der Waals surface area contributed by atoms with Crippen molar-refractivity contribution in [3.63, 3.8) is 0 Å². The van der Waals surface area contributed by atoms with Crippen molar-refractivity contribution >= 4 is 11.0 Å². The molecule has 0 bridgehead atoms. The molecule has 0 radical (unpaired) electrons. The van der Waals surface area contributed by atoms with Gasteiger partial charge in [-0.1, -0.05) is 5.16 Å². The Kier molecular flexibility index (Phi) is 1.89. The van der Waals surface area contributed by atoms with Gasteiger partial charge >= 0.3 is 0 Å². The van der Waals surface area contributed by atoms with Crippen molar-refractivity contribution < 1.29 is 14.0 Å². The zero-order valence-electron chi connectivity index (χ0n) is 8.40. The van der Waals surface area contributed by atoms with E-state index in [4.69, 9.17) is 14.0 Å². The van der Waals surface area contributed by atoms with Crippen LogP contribution in [0.5, 0.6) is 5.75 Å². The number of aryl methyl sites for hydroxylation is 1. The van der Waals surface area contributed by atoms with Gasteiger partial charge in [0.1, 0.15) is 18.5 Å². The highest BCUT2D eigenvalue weighted by atomic mass is 16.6. The molecule has 0 spiro atoms. The highest BCUT2D eigenvalue weighted by Gasteiger charge is 2.23. The maximum absolute atomic E-state index is 5.53. The van der Waals surface area contributed by atoms with Crippen molar-refractivity contribution in [2.45, 2.75) is 13.0 Å². The van der Waals surface area contributed by atoms with E-state index in [2.05, 4.69) is 5.16 Å². The van der Waals surface area contributed by atoms with Gasteiger partial charge in [0.15, 0.2) is 5.58 Å². The predicted molar refractivity (Wildman–Crippen MR) is 54.0 cm³/mol. The first-order chi connectivity index (χ1) is 7.33. The molecule has 15 heavy (non-hydrogen) atoms. The van der Waals surface area contributed by atoms with Crippen molar-refractivity contribution in [3.8, 4) is 5.75 Å². The Morgan fingerprint density at radius 1 is 1.53 bits per heavy atom. The van der Waals surface area contributed by atoms with Crippen LogP contribution >= 0.6 is 0 Å². The first kappa shape index (κ1) is 8.73. The molecule has 0 amide bonds. The molecule has 78 valence electrons. The third kappa shape index (κ3) is 1.68. The van der Waals surface area contributed by atoms with Gasteiger partial charge in [-0.25, -0.2) is 0 Å². The summed E-state index contributed by atoms with van der Waals surface area (Å²) in [7, 11) is 0. The summed E-state index contributed by atoms with van der Waals surface area (Å²) in [5.74, 6) is 0.800. The van der Waals surface area contributed by atoms with Crippen LogP contribution in [0.25, 0.3) is 11.0 Å². The lowest BCUT2D eigenvalue weighted by Gasteiger charge is -2.02. The molecule has 2 aromatic rings. The Bertz CT molecular complexity index is 488. The van der Waals surface area contributed by atoms with Crippen molar-refractivity contribution in [1.82, 2.24) is 5.16 Å². The van der Waals surface area contributed by atoms with Gasteiger partial charge in [-0.05, 0) is 19.1 Å². The fourth-order valence-corrected chi connectivity index (χ4v) is 1.49. The first-order valence-corrected chi connectivity index (χ1v) is 4.93. The summed E-state index contributed by atoms with van der Waals surface area (Å²) in [4.78, 5) is 0. The number of hydrogen-bond donors (Lipinski definition) is 0. The molecular formula is C11H11NO3. The summed E-state index contributed by atoms with van der Waals surface area (Å²) >= 11 is 0. The lowest BCUT2D eigenvalue weighted by molar-refractivity contribution is 0.263. The number of rotatable bonds is 3. The molecule has 0 N–H and O–H groups in total. The maximum atomic E-state index is 5.53. The van der Waals surface area contributed by atoms with E-state index in [1.807, 2.05) is 25.1 Å². The summed E-state index contributed by atoms with van der Waals surface area (Å²) in [5, 5.41) is 4.92. The van der Waals surface area contributed by atoms with Crippen molar-refractivity contribution in [2.24, 2.45) is 0 Å². The molecule has 1 unspecified atom stereocenters. The van der Waals surface area contributed by atoms with E-state index in [0.29, 0.717) is 6.61 Å². The molecule has 3 rings (SSSR count). The fraction of sp³-hybridized carbons (Fsp3) is 0.364. The summed E-state index contributed by atoms with van der Waals surface area (Å²) in [6.07, 6.45) is 0.275. The van der Waals surface area contributed by atoms with E-state index >= 15 is 0 Å². The Morgan fingerprint density at radius 2 is 2.40 bits per heavy atom. The average molecular weight is 205 g/mol. The Labute approximate surface area is 86.8 Å². The monoisotopic (exact) mass is 205 g/mol. The van der Waals surface area contributed by atoms with Gasteiger partial charge in [-0.3, -0.25) is 0 Å². The molecule has 1 saturated heterocycles. The van der Waals surface area contributed by atoms with Crippen LogP contribution in [0.4, 0.5) is 0 Å². The molecule has 0 saturated carbocycles. The van der Waals surface area contributed by atoms with Crippen molar-refractivity contribution in [3.05, 3.63) is 23.9 Å². The third-order valence-corrected chi connectivity index (χ3v) is 2.46. The van der Waals surface area contributed by atoms with Gasteiger partial charge in [0.2, 0.25) is 0 Å². The molecular weight excluding hydrogens is 194 g/mol. The topological polar surface area (TPSA) is 47.8 Å². The van der Waals surface area contributed by atoms with E-state index in [-0.39, 0.29) is 6.10 Å². The van der Waals surface area contributed by atoms with Gasteiger partial charge in [0, 0.05) is 11.5 Å². The molecule has 1 aliphatic rings. The lowest BCUT2D eigenvalue weighted by Crippen LogP contribution is -2.03. The quantitative estimate of drug-likeness (QED) is 0.718. The highest BCUT2D eigenvalue weighted by Crippen LogP contribution is 2.23. The Morgan fingerprint density at radius 3 is 3.20 bits per heavy atom. The van der Waals surface area contributed by atoms with Gasteiger partial charge in [-0.15, -0.1) is 0 Å². The summed E-state index contributed by atoms with van der Waals surface area (Å²) in [6.45, 7) is 3.34. The number of fused-ring (bicyclic) bond motifs is 1. The standard InChI is InChI=1S/C11H11NO3/c1-7-10-3-2-8(4-11(10)15-12-7)13-5-9-6-14-9/h2-4,9H,5-6H2,1H3. The predicted octanol–water partition coefficient (Wildman–Crippen LogP) is 1.91. The molecule has 1 aromatic carbocycles. The zero-order chi connectivity index (χ0) is 10.3. The van der Waals surface area contributed by atoms with Crippen LogP contribution in [0.1, 0.15) is 5.69 Å². The van der Waals surface area contributed by atoms with Gasteiger partial charge in [0.25, 0.3) is 0 Å². The van der Waals surface area contributed by atoms with Crippen molar-refractivity contribution in [2.75, 3.05) is 13.2 Å². The minimum atomic E-state index is 0.275. The smallest absolute Gasteiger partial charge is 0.170 e. The van der Waals surface area contributed by atoms with E-state index in [0.717, 1.165) is 29.0 Å². The fourth-order valence-electron chi connectivity index (χ4n) is 1.49. The van der Waals surface area contributed by atoms with Crippen LogP contribution in [0.3, 0.4) is 0 Å². The molecule has 1 atom stereocenters. The number of epoxide rings is 1. The van der Waals surface area contributed by atoms with Gasteiger partial charge in [-0.2, -0.15) is 0 Å². The van der Waals surface area contributed by atoms with Crippen LogP contribution in [0, 0.1) is 6.92 Å². The Hall–Kier alpha value is -1.55. The maximum Gasteiger partial charge on any atom is 0.170 e. The van der Waals surface area contributed by atoms with Gasteiger partial charge < -0.3 is 14.0 Å². The van der Waals surface area contributed by atoms with Crippen LogP contribution < -0.4 is 4.74 Å². The van der Waals surface area contributed by atoms with E-state index in [1.54, 1.807) is 0 Å². The van der Waals surface area contributed by atoms with E-state index < -0.39 is 0 Å². The van der Waals surface area contributed by atoms with Crippen molar-refractivity contribution in [1.29, 1.82) is 0 Å². The second-order valence-electron chi connectivity index (χ2n) is 3.69. The van der Waals surface area contributed by atoms with Crippen LogP contribution in [-0.4, -0.2) is 24.5 Å². The normalized spacial score (nSPS) is 19.4. The van der Waals surface area contributed by atoms with E-state index in [9.17, 15) is 0 Å². The Balaban J connectivity index is 1.85. The van der Waals surface area contributed by atoms with Crippen LogP contribution in [0.15, 0.2) is 22.7 Å². The molecule has 4 heteroatoms. The number of hydrogen-bond acceptors (Lipinski definition) is 4. The minimum Gasteiger partial charge on any atom is -0.491 e. The highest BCUT2D eigenvalue weighted by molar-refractivity contribution is 5.80. The van der Waals surface area contributed by atoms with Crippen LogP contribution in [-0.2, 0) is 4.74 Å². The molecule has 1 aliphatic heterocycles. The summed E-state index contributed by atoms with van der Waals surface area (Å²) in [5.41, 5.74) is 1.67. The SMILES string of the molecule is Cc1noc2cc(OCC3CO3)ccc12. The average Bonchev–Trinajstić information content (AvgIpc) is 3.01. The van der Waals surface area contributed by atoms with Crippen LogP contribution in [0.2, 0.25) is 0 Å². The number of benzene rings is 1. The molecule has 0 aliphatic carbocycles. The molecule has 2 heterocycles. The molecule has 4 nitrogen and oxygen atoms in total.